The van der Waals surface area contributed by atoms with Gasteiger partial charge in [-0.3, -0.25) is 4.79 Å². The number of halogens is 2. The van der Waals surface area contributed by atoms with Crippen molar-refractivity contribution in [3.63, 3.8) is 0 Å². The third-order valence-corrected chi connectivity index (χ3v) is 3.56. The first-order chi connectivity index (χ1) is 11.0. The van der Waals surface area contributed by atoms with E-state index in [-0.39, 0.29) is 10.6 Å². The summed E-state index contributed by atoms with van der Waals surface area (Å²) < 4.78 is 24.1. The second kappa shape index (κ2) is 7.83. The van der Waals surface area contributed by atoms with Crippen LogP contribution >= 0.6 is 11.6 Å². The molecule has 0 bridgehead atoms. The van der Waals surface area contributed by atoms with Gasteiger partial charge in [-0.15, -0.1) is 0 Å². The van der Waals surface area contributed by atoms with Gasteiger partial charge in [0.05, 0.1) is 19.8 Å². The molecule has 0 unspecified atom stereocenters. The lowest BCUT2D eigenvalue weighted by molar-refractivity contribution is 0.0950. The molecule has 0 fully saturated rings. The maximum atomic E-state index is 13.7. The minimum absolute atomic E-state index is 0.0262. The number of carbonyl (C=O) groups excluding carboxylic acids is 1. The normalized spacial score (nSPS) is 10.3. The third kappa shape index (κ3) is 4.36. The van der Waals surface area contributed by atoms with Crippen LogP contribution in [0.25, 0.3) is 0 Å². The number of methoxy groups -OCH3 is 2. The first-order valence-corrected chi connectivity index (χ1v) is 7.37. The average molecular weight is 338 g/mol. The monoisotopic (exact) mass is 337 g/mol. The molecule has 6 heteroatoms. The van der Waals surface area contributed by atoms with Crippen LogP contribution < -0.4 is 14.8 Å². The van der Waals surface area contributed by atoms with Crippen molar-refractivity contribution in [1.82, 2.24) is 5.32 Å². The van der Waals surface area contributed by atoms with E-state index < -0.39 is 11.7 Å². The van der Waals surface area contributed by atoms with Gasteiger partial charge in [-0.05, 0) is 42.3 Å². The van der Waals surface area contributed by atoms with E-state index in [1.54, 1.807) is 20.3 Å². The summed E-state index contributed by atoms with van der Waals surface area (Å²) in [7, 11) is 3.13. The number of amides is 1. The molecule has 2 rings (SSSR count). The van der Waals surface area contributed by atoms with E-state index >= 15 is 0 Å². The lowest BCUT2D eigenvalue weighted by atomic mass is 10.1. The Balaban J connectivity index is 1.95. The minimum Gasteiger partial charge on any atom is -0.493 e. The van der Waals surface area contributed by atoms with E-state index in [2.05, 4.69) is 5.32 Å². The maximum absolute atomic E-state index is 13.7. The van der Waals surface area contributed by atoms with Gasteiger partial charge in [0, 0.05) is 11.6 Å². The number of hydrogen-bond donors (Lipinski definition) is 1. The first-order valence-electron chi connectivity index (χ1n) is 6.99. The van der Waals surface area contributed by atoms with Crippen molar-refractivity contribution < 1.29 is 18.7 Å². The molecule has 0 aliphatic heterocycles. The van der Waals surface area contributed by atoms with Gasteiger partial charge in [0.25, 0.3) is 5.91 Å². The highest BCUT2D eigenvalue weighted by molar-refractivity contribution is 6.30. The number of benzene rings is 2. The fourth-order valence-corrected chi connectivity index (χ4v) is 2.28. The van der Waals surface area contributed by atoms with E-state index in [0.29, 0.717) is 24.5 Å². The molecule has 0 aliphatic carbocycles. The van der Waals surface area contributed by atoms with Crippen LogP contribution in [0.5, 0.6) is 11.5 Å². The molecule has 0 aliphatic rings. The molecule has 1 N–H and O–H groups in total. The standard InChI is InChI=1S/C17H17ClFNO3/c1-22-15-6-3-11(9-16(15)23-2)7-8-20-17(21)13-5-4-12(18)10-14(13)19/h3-6,9-10H,7-8H2,1-2H3,(H,20,21). The molecule has 2 aromatic carbocycles. The van der Waals surface area contributed by atoms with Crippen LogP contribution in [0.15, 0.2) is 36.4 Å². The van der Waals surface area contributed by atoms with E-state index in [1.165, 1.54) is 12.1 Å². The van der Waals surface area contributed by atoms with Gasteiger partial charge in [0.15, 0.2) is 11.5 Å². The zero-order valence-electron chi connectivity index (χ0n) is 12.9. The molecule has 0 radical (unpaired) electrons. The van der Waals surface area contributed by atoms with Gasteiger partial charge in [-0.25, -0.2) is 4.39 Å². The molecule has 0 saturated carbocycles. The van der Waals surface area contributed by atoms with Crippen molar-refractivity contribution in [2.75, 3.05) is 20.8 Å². The number of ether oxygens (including phenoxy) is 2. The maximum Gasteiger partial charge on any atom is 0.254 e. The van der Waals surface area contributed by atoms with Crippen molar-refractivity contribution >= 4 is 17.5 Å². The Morgan fingerprint density at radius 2 is 1.87 bits per heavy atom. The first kappa shape index (κ1) is 17.1. The van der Waals surface area contributed by atoms with Gasteiger partial charge in [0.2, 0.25) is 0 Å². The molecule has 0 aromatic heterocycles. The molecule has 4 nitrogen and oxygen atoms in total. The molecule has 0 atom stereocenters. The number of carbonyl (C=O) groups is 1. The molecule has 0 spiro atoms. The number of hydrogen-bond acceptors (Lipinski definition) is 3. The summed E-state index contributed by atoms with van der Waals surface area (Å²) in [6, 6.07) is 9.49. The fourth-order valence-electron chi connectivity index (χ4n) is 2.13. The van der Waals surface area contributed by atoms with Crippen LogP contribution in [0, 0.1) is 5.82 Å². The lowest BCUT2D eigenvalue weighted by Gasteiger charge is -2.10. The lowest BCUT2D eigenvalue weighted by Crippen LogP contribution is -2.26. The van der Waals surface area contributed by atoms with E-state index in [1.807, 2.05) is 12.1 Å². The van der Waals surface area contributed by atoms with Crippen molar-refractivity contribution in [2.45, 2.75) is 6.42 Å². The second-order valence-electron chi connectivity index (χ2n) is 4.82. The average Bonchev–Trinajstić information content (AvgIpc) is 2.54. The molecular weight excluding hydrogens is 321 g/mol. The zero-order valence-corrected chi connectivity index (χ0v) is 13.6. The summed E-state index contributed by atoms with van der Waals surface area (Å²) in [5.74, 6) is 0.157. The molecule has 2 aromatic rings. The third-order valence-electron chi connectivity index (χ3n) is 3.32. The fraction of sp³-hybridized carbons (Fsp3) is 0.235. The number of rotatable bonds is 6. The van der Waals surface area contributed by atoms with Gasteiger partial charge >= 0.3 is 0 Å². The van der Waals surface area contributed by atoms with Gasteiger partial charge in [-0.1, -0.05) is 17.7 Å². The Bertz CT molecular complexity index is 706. The Kier molecular flexibility index (Phi) is 5.82. The SMILES string of the molecule is COc1ccc(CCNC(=O)c2ccc(Cl)cc2F)cc1OC. The Morgan fingerprint density at radius 3 is 2.52 bits per heavy atom. The second-order valence-corrected chi connectivity index (χ2v) is 5.26. The largest absolute Gasteiger partial charge is 0.493 e. The minimum atomic E-state index is -0.638. The molecule has 0 saturated heterocycles. The van der Waals surface area contributed by atoms with Gasteiger partial charge in [0.1, 0.15) is 5.82 Å². The molecular formula is C17H17ClFNO3. The number of nitrogens with one attached hydrogen (secondary N) is 1. The Morgan fingerprint density at radius 1 is 1.13 bits per heavy atom. The highest BCUT2D eigenvalue weighted by atomic mass is 35.5. The predicted molar refractivity (Wildman–Crippen MR) is 87.0 cm³/mol. The van der Waals surface area contributed by atoms with E-state index in [0.717, 1.165) is 11.6 Å². The summed E-state index contributed by atoms with van der Waals surface area (Å²) in [4.78, 5) is 12.0. The van der Waals surface area contributed by atoms with Crippen molar-refractivity contribution in [3.05, 3.63) is 58.4 Å². The quantitative estimate of drug-likeness (QED) is 0.878. The summed E-state index contributed by atoms with van der Waals surface area (Å²) >= 11 is 5.67. The van der Waals surface area contributed by atoms with Crippen LogP contribution in [-0.4, -0.2) is 26.7 Å². The Hall–Kier alpha value is -2.27. The summed E-state index contributed by atoms with van der Waals surface area (Å²) in [6.45, 7) is 0.371. The van der Waals surface area contributed by atoms with Gasteiger partial charge in [-0.2, -0.15) is 0 Å². The van der Waals surface area contributed by atoms with Crippen LogP contribution in [0.3, 0.4) is 0 Å². The van der Waals surface area contributed by atoms with Gasteiger partial charge < -0.3 is 14.8 Å². The van der Waals surface area contributed by atoms with Crippen LogP contribution in [0.4, 0.5) is 4.39 Å². The van der Waals surface area contributed by atoms with Crippen molar-refractivity contribution in [1.29, 1.82) is 0 Å². The summed E-state index contributed by atoms with van der Waals surface area (Å²) in [5.41, 5.74) is 0.946. The topological polar surface area (TPSA) is 47.6 Å². The highest BCUT2D eigenvalue weighted by Gasteiger charge is 2.11. The molecule has 1 amide bonds. The van der Waals surface area contributed by atoms with Crippen molar-refractivity contribution in [3.8, 4) is 11.5 Å². The van der Waals surface area contributed by atoms with Crippen LogP contribution in [0.2, 0.25) is 5.02 Å². The summed E-state index contributed by atoms with van der Waals surface area (Å²) in [6.07, 6.45) is 0.585. The molecule has 122 valence electrons. The van der Waals surface area contributed by atoms with E-state index in [9.17, 15) is 9.18 Å². The predicted octanol–water partition coefficient (Wildman–Crippen LogP) is 3.47. The van der Waals surface area contributed by atoms with Crippen molar-refractivity contribution in [2.24, 2.45) is 0 Å². The van der Waals surface area contributed by atoms with E-state index in [4.69, 9.17) is 21.1 Å². The van der Waals surface area contributed by atoms with Crippen LogP contribution in [0.1, 0.15) is 15.9 Å². The van der Waals surface area contributed by atoms with Crippen LogP contribution in [-0.2, 0) is 6.42 Å². The zero-order chi connectivity index (χ0) is 16.8. The highest BCUT2D eigenvalue weighted by Crippen LogP contribution is 2.27. The smallest absolute Gasteiger partial charge is 0.254 e. The Labute approximate surface area is 139 Å². The molecule has 23 heavy (non-hydrogen) atoms. The molecule has 0 heterocycles. The summed E-state index contributed by atoms with van der Waals surface area (Å²) in [5, 5.41) is 2.93.